The molecule has 13 heavy (non-hydrogen) atoms. The SMILES string of the molecule is CCCC(=O)NCC1(CCCl)CC1. The summed E-state index contributed by atoms with van der Waals surface area (Å²) in [4.78, 5) is 11.2. The number of carbonyl (C=O) groups is 1. The second kappa shape index (κ2) is 4.85. The van der Waals surface area contributed by atoms with E-state index in [-0.39, 0.29) is 5.91 Å². The van der Waals surface area contributed by atoms with Gasteiger partial charge in [0.25, 0.3) is 0 Å². The van der Waals surface area contributed by atoms with E-state index in [9.17, 15) is 4.79 Å². The van der Waals surface area contributed by atoms with E-state index in [1.807, 2.05) is 6.92 Å². The zero-order valence-electron chi connectivity index (χ0n) is 8.24. The Morgan fingerprint density at radius 3 is 2.69 bits per heavy atom. The first-order chi connectivity index (χ1) is 6.22. The molecule has 2 nitrogen and oxygen atoms in total. The molecule has 0 saturated heterocycles. The molecule has 0 aromatic rings. The smallest absolute Gasteiger partial charge is 0.220 e. The number of hydrogen-bond donors (Lipinski definition) is 1. The lowest BCUT2D eigenvalue weighted by atomic mass is 10.0. The van der Waals surface area contributed by atoms with Crippen molar-refractivity contribution in [1.29, 1.82) is 0 Å². The van der Waals surface area contributed by atoms with Crippen LogP contribution in [0, 0.1) is 5.41 Å². The average Bonchev–Trinajstić information content (AvgIpc) is 2.84. The lowest BCUT2D eigenvalue weighted by Crippen LogP contribution is -2.30. The highest BCUT2D eigenvalue weighted by atomic mass is 35.5. The van der Waals surface area contributed by atoms with Crippen molar-refractivity contribution >= 4 is 17.5 Å². The van der Waals surface area contributed by atoms with Crippen LogP contribution in [0.15, 0.2) is 0 Å². The lowest BCUT2D eigenvalue weighted by Gasteiger charge is -2.13. The largest absolute Gasteiger partial charge is 0.356 e. The second-order valence-electron chi connectivity index (χ2n) is 3.97. The van der Waals surface area contributed by atoms with Crippen molar-refractivity contribution in [2.24, 2.45) is 5.41 Å². The number of rotatable bonds is 6. The minimum absolute atomic E-state index is 0.184. The van der Waals surface area contributed by atoms with Crippen molar-refractivity contribution in [2.45, 2.75) is 39.0 Å². The monoisotopic (exact) mass is 203 g/mol. The molecule has 1 saturated carbocycles. The van der Waals surface area contributed by atoms with Gasteiger partial charge in [0.15, 0.2) is 0 Å². The van der Waals surface area contributed by atoms with E-state index < -0.39 is 0 Å². The Bertz CT molecular complexity index is 178. The molecule has 1 N–H and O–H groups in total. The Hall–Kier alpha value is -0.240. The quantitative estimate of drug-likeness (QED) is 0.660. The first-order valence-electron chi connectivity index (χ1n) is 5.05. The topological polar surface area (TPSA) is 29.1 Å². The van der Waals surface area contributed by atoms with Crippen LogP contribution in [0.2, 0.25) is 0 Å². The minimum Gasteiger partial charge on any atom is -0.356 e. The second-order valence-corrected chi connectivity index (χ2v) is 4.34. The lowest BCUT2D eigenvalue weighted by molar-refractivity contribution is -0.121. The van der Waals surface area contributed by atoms with Crippen LogP contribution in [0.25, 0.3) is 0 Å². The van der Waals surface area contributed by atoms with Crippen LogP contribution in [-0.4, -0.2) is 18.3 Å². The summed E-state index contributed by atoms with van der Waals surface area (Å²) in [5.74, 6) is 0.896. The molecular weight excluding hydrogens is 186 g/mol. The summed E-state index contributed by atoms with van der Waals surface area (Å²) in [5, 5.41) is 2.97. The van der Waals surface area contributed by atoms with Crippen molar-refractivity contribution in [3.63, 3.8) is 0 Å². The zero-order valence-corrected chi connectivity index (χ0v) is 8.99. The third kappa shape index (κ3) is 3.55. The van der Waals surface area contributed by atoms with Gasteiger partial charge in [-0.3, -0.25) is 4.79 Å². The number of alkyl halides is 1. The number of hydrogen-bond acceptors (Lipinski definition) is 1. The maximum atomic E-state index is 11.2. The maximum absolute atomic E-state index is 11.2. The standard InChI is InChI=1S/C10H18ClNO/c1-2-3-9(13)12-8-10(4-5-10)6-7-11/h2-8H2,1H3,(H,12,13). The predicted octanol–water partition coefficient (Wildman–Crippen LogP) is 2.31. The number of amides is 1. The van der Waals surface area contributed by atoms with Gasteiger partial charge < -0.3 is 5.32 Å². The molecule has 0 unspecified atom stereocenters. The van der Waals surface area contributed by atoms with Crippen molar-refractivity contribution in [2.75, 3.05) is 12.4 Å². The van der Waals surface area contributed by atoms with Crippen LogP contribution in [0.5, 0.6) is 0 Å². The number of halogens is 1. The first-order valence-corrected chi connectivity index (χ1v) is 5.58. The van der Waals surface area contributed by atoms with Gasteiger partial charge in [-0.15, -0.1) is 11.6 Å². The fraction of sp³-hybridized carbons (Fsp3) is 0.900. The number of carbonyl (C=O) groups excluding carboxylic acids is 1. The van der Waals surface area contributed by atoms with Crippen molar-refractivity contribution in [3.8, 4) is 0 Å². The Morgan fingerprint density at radius 1 is 1.54 bits per heavy atom. The van der Waals surface area contributed by atoms with Gasteiger partial charge in [0.2, 0.25) is 5.91 Å². The summed E-state index contributed by atoms with van der Waals surface area (Å²) >= 11 is 5.69. The van der Waals surface area contributed by atoms with E-state index in [2.05, 4.69) is 5.32 Å². The molecule has 1 rings (SSSR count). The Kier molecular flexibility index (Phi) is 4.04. The van der Waals surface area contributed by atoms with Gasteiger partial charge >= 0.3 is 0 Å². The highest BCUT2D eigenvalue weighted by molar-refractivity contribution is 6.17. The minimum atomic E-state index is 0.184. The van der Waals surface area contributed by atoms with Gasteiger partial charge in [0.05, 0.1) is 0 Å². The summed E-state index contributed by atoms with van der Waals surface area (Å²) in [5.41, 5.74) is 0.366. The van der Waals surface area contributed by atoms with E-state index in [4.69, 9.17) is 11.6 Å². The van der Waals surface area contributed by atoms with E-state index >= 15 is 0 Å². The fourth-order valence-electron chi connectivity index (χ4n) is 1.49. The molecule has 0 bridgehead atoms. The normalized spacial score (nSPS) is 18.3. The molecule has 0 spiro atoms. The van der Waals surface area contributed by atoms with Gasteiger partial charge in [-0.2, -0.15) is 0 Å². The molecule has 76 valence electrons. The molecule has 1 aliphatic rings. The third-order valence-corrected chi connectivity index (χ3v) is 2.91. The predicted molar refractivity (Wildman–Crippen MR) is 54.9 cm³/mol. The summed E-state index contributed by atoms with van der Waals surface area (Å²) < 4.78 is 0. The van der Waals surface area contributed by atoms with Gasteiger partial charge in [-0.05, 0) is 31.1 Å². The molecule has 0 radical (unpaired) electrons. The molecule has 0 atom stereocenters. The molecule has 1 fully saturated rings. The van der Waals surface area contributed by atoms with Crippen LogP contribution < -0.4 is 5.32 Å². The summed E-state index contributed by atoms with van der Waals surface area (Å²) in [6.45, 7) is 2.85. The zero-order chi connectivity index (χ0) is 9.73. The van der Waals surface area contributed by atoms with Gasteiger partial charge in [-0.1, -0.05) is 6.92 Å². The molecule has 0 aromatic heterocycles. The van der Waals surface area contributed by atoms with Crippen LogP contribution in [0.4, 0.5) is 0 Å². The molecule has 3 heteroatoms. The molecule has 0 aliphatic heterocycles. The molecule has 1 amide bonds. The summed E-state index contributed by atoms with van der Waals surface area (Å²) in [7, 11) is 0. The van der Waals surface area contributed by atoms with E-state index in [0.717, 1.165) is 19.4 Å². The van der Waals surface area contributed by atoms with E-state index in [0.29, 0.717) is 17.7 Å². The van der Waals surface area contributed by atoms with Gasteiger partial charge in [0.1, 0.15) is 0 Å². The van der Waals surface area contributed by atoms with E-state index in [1.54, 1.807) is 0 Å². The molecule has 1 aliphatic carbocycles. The summed E-state index contributed by atoms with van der Waals surface area (Å²) in [6.07, 6.45) is 5.07. The maximum Gasteiger partial charge on any atom is 0.220 e. The van der Waals surface area contributed by atoms with Crippen LogP contribution >= 0.6 is 11.6 Å². The van der Waals surface area contributed by atoms with Crippen molar-refractivity contribution in [1.82, 2.24) is 5.32 Å². The Morgan fingerprint density at radius 2 is 2.23 bits per heavy atom. The van der Waals surface area contributed by atoms with E-state index in [1.165, 1.54) is 12.8 Å². The van der Waals surface area contributed by atoms with Crippen LogP contribution in [-0.2, 0) is 4.79 Å². The average molecular weight is 204 g/mol. The Balaban J connectivity index is 2.14. The fourth-order valence-corrected chi connectivity index (χ4v) is 1.89. The van der Waals surface area contributed by atoms with Crippen molar-refractivity contribution in [3.05, 3.63) is 0 Å². The highest BCUT2D eigenvalue weighted by Gasteiger charge is 2.41. The van der Waals surface area contributed by atoms with Crippen LogP contribution in [0.3, 0.4) is 0 Å². The summed E-state index contributed by atoms with van der Waals surface area (Å²) in [6, 6.07) is 0. The third-order valence-electron chi connectivity index (χ3n) is 2.72. The molecule has 0 heterocycles. The highest BCUT2D eigenvalue weighted by Crippen LogP contribution is 2.48. The molecule has 0 aromatic carbocycles. The molecular formula is C10H18ClNO. The number of nitrogens with one attached hydrogen (secondary N) is 1. The van der Waals surface area contributed by atoms with Crippen molar-refractivity contribution < 1.29 is 4.79 Å². The first kappa shape index (κ1) is 10.8. The van der Waals surface area contributed by atoms with Gasteiger partial charge in [-0.25, -0.2) is 0 Å². The van der Waals surface area contributed by atoms with Crippen LogP contribution in [0.1, 0.15) is 39.0 Å². The Labute approximate surface area is 85.0 Å². The van der Waals surface area contributed by atoms with Gasteiger partial charge in [0, 0.05) is 18.8 Å².